The predicted octanol–water partition coefficient (Wildman–Crippen LogP) is 6.86. The summed E-state index contributed by atoms with van der Waals surface area (Å²) in [6.45, 7) is 0.417. The van der Waals surface area contributed by atoms with Crippen molar-refractivity contribution in [1.82, 2.24) is 4.90 Å². The summed E-state index contributed by atoms with van der Waals surface area (Å²) < 4.78 is 5.22. The molecule has 1 aliphatic heterocycles. The van der Waals surface area contributed by atoms with Crippen LogP contribution in [0.3, 0.4) is 0 Å². The topological polar surface area (TPSA) is 71.0 Å². The third-order valence-corrected chi connectivity index (χ3v) is 7.27. The molecular formula is C26H22Cl3N3O3S. The average Bonchev–Trinajstić information content (AvgIpc) is 2.84. The van der Waals surface area contributed by atoms with Gasteiger partial charge in [0.05, 0.1) is 12.8 Å². The minimum Gasteiger partial charge on any atom is -0.497 e. The smallest absolute Gasteiger partial charge is 0.238 e. The number of ether oxygens (including phenoxy) is 1. The Hall–Kier alpha value is -2.71. The van der Waals surface area contributed by atoms with Crippen LogP contribution in [0, 0.1) is 0 Å². The number of carbonyl (C=O) groups excluding carboxylic acids is 2. The summed E-state index contributed by atoms with van der Waals surface area (Å²) in [6, 6.07) is 19.5. The molecular weight excluding hydrogens is 541 g/mol. The van der Waals surface area contributed by atoms with Gasteiger partial charge < -0.3 is 10.1 Å². The second kappa shape index (κ2) is 12.0. The molecule has 1 unspecified atom stereocenters. The summed E-state index contributed by atoms with van der Waals surface area (Å²) in [5.41, 5.74) is 2.15. The maximum absolute atomic E-state index is 13.2. The van der Waals surface area contributed by atoms with Crippen LogP contribution in [0.5, 0.6) is 5.75 Å². The van der Waals surface area contributed by atoms with E-state index in [9.17, 15) is 9.59 Å². The molecule has 1 aliphatic rings. The predicted molar refractivity (Wildman–Crippen MR) is 148 cm³/mol. The van der Waals surface area contributed by atoms with Gasteiger partial charge in [-0.05, 0) is 66.6 Å². The van der Waals surface area contributed by atoms with Crippen LogP contribution >= 0.6 is 46.6 Å². The number of benzene rings is 3. The fraction of sp³-hybridized carbons (Fsp3) is 0.192. The molecule has 0 spiro atoms. The Morgan fingerprint density at radius 2 is 1.69 bits per heavy atom. The van der Waals surface area contributed by atoms with Gasteiger partial charge in [-0.15, -0.1) is 0 Å². The van der Waals surface area contributed by atoms with Gasteiger partial charge in [0, 0.05) is 33.7 Å². The first kappa shape index (κ1) is 26.4. The second-order valence-electron chi connectivity index (χ2n) is 7.97. The number of nitrogens with one attached hydrogen (secondary N) is 1. The van der Waals surface area contributed by atoms with E-state index < -0.39 is 5.25 Å². The molecule has 1 heterocycles. The minimum atomic E-state index is -0.668. The summed E-state index contributed by atoms with van der Waals surface area (Å²) in [5.74, 6) is 0.189. The number of amides is 2. The average molecular weight is 563 g/mol. The normalized spacial score (nSPS) is 16.8. The molecule has 1 saturated heterocycles. The van der Waals surface area contributed by atoms with Gasteiger partial charge in [0.1, 0.15) is 11.0 Å². The molecule has 1 atom stereocenters. The van der Waals surface area contributed by atoms with Crippen LogP contribution in [0.15, 0.2) is 71.7 Å². The largest absolute Gasteiger partial charge is 0.497 e. The summed E-state index contributed by atoms with van der Waals surface area (Å²) >= 11 is 19.3. The molecule has 4 rings (SSSR count). The van der Waals surface area contributed by atoms with Crippen molar-refractivity contribution < 1.29 is 14.3 Å². The molecule has 186 valence electrons. The zero-order chi connectivity index (χ0) is 25.7. The fourth-order valence-corrected chi connectivity index (χ4v) is 5.35. The first-order chi connectivity index (χ1) is 17.3. The van der Waals surface area contributed by atoms with Crippen molar-refractivity contribution >= 4 is 74.9 Å². The highest BCUT2D eigenvalue weighted by atomic mass is 35.5. The van der Waals surface area contributed by atoms with E-state index in [-0.39, 0.29) is 18.2 Å². The van der Waals surface area contributed by atoms with Crippen molar-refractivity contribution in [3.05, 3.63) is 87.4 Å². The lowest BCUT2D eigenvalue weighted by Crippen LogP contribution is -2.46. The molecule has 0 saturated carbocycles. The van der Waals surface area contributed by atoms with Crippen molar-refractivity contribution in [1.29, 1.82) is 0 Å². The number of anilines is 1. The number of hydrogen-bond donors (Lipinski definition) is 1. The number of carbonyl (C=O) groups is 2. The van der Waals surface area contributed by atoms with E-state index >= 15 is 0 Å². The van der Waals surface area contributed by atoms with Gasteiger partial charge in [-0.1, -0.05) is 58.7 Å². The number of rotatable bonds is 7. The maximum Gasteiger partial charge on any atom is 0.238 e. The molecule has 0 aliphatic carbocycles. The summed E-state index contributed by atoms with van der Waals surface area (Å²) in [4.78, 5) is 32.6. The van der Waals surface area contributed by atoms with Gasteiger partial charge in [0.15, 0.2) is 5.17 Å². The molecule has 1 N–H and O–H groups in total. The lowest BCUT2D eigenvalue weighted by Gasteiger charge is -2.32. The summed E-state index contributed by atoms with van der Waals surface area (Å²) in [7, 11) is 1.59. The summed E-state index contributed by atoms with van der Waals surface area (Å²) in [5, 5.41) is 4.05. The Balaban J connectivity index is 1.56. The van der Waals surface area contributed by atoms with Crippen LogP contribution in [-0.4, -0.2) is 40.8 Å². The zero-order valence-corrected chi connectivity index (χ0v) is 22.3. The molecule has 3 aromatic carbocycles. The third kappa shape index (κ3) is 6.95. The van der Waals surface area contributed by atoms with E-state index in [1.165, 1.54) is 11.8 Å². The SMILES string of the molecule is COc1ccc(N=C2SC(C(=O)Nc3cc(Cl)cc(Cl)c3)CC(=O)N2CCc2ccc(Cl)cc2)cc1. The van der Waals surface area contributed by atoms with E-state index in [1.54, 1.807) is 54.5 Å². The Morgan fingerprint density at radius 3 is 2.33 bits per heavy atom. The van der Waals surface area contributed by atoms with Crippen molar-refractivity contribution in [3.63, 3.8) is 0 Å². The molecule has 10 heteroatoms. The highest BCUT2D eigenvalue weighted by Crippen LogP contribution is 2.31. The highest BCUT2D eigenvalue weighted by molar-refractivity contribution is 8.15. The molecule has 3 aromatic rings. The number of hydrogen-bond acceptors (Lipinski definition) is 5. The second-order valence-corrected chi connectivity index (χ2v) is 10.5. The van der Waals surface area contributed by atoms with Gasteiger partial charge in [0.25, 0.3) is 0 Å². The van der Waals surface area contributed by atoms with Gasteiger partial charge in [-0.2, -0.15) is 0 Å². The van der Waals surface area contributed by atoms with Gasteiger partial charge in [0.2, 0.25) is 11.8 Å². The molecule has 6 nitrogen and oxygen atoms in total. The standard InChI is InChI=1S/C26H22Cl3N3O3S/c1-35-22-8-6-20(7-9-22)31-26-32(11-10-16-2-4-17(27)5-3-16)24(33)15-23(36-26)25(34)30-21-13-18(28)12-19(29)14-21/h2-9,12-14,23H,10-11,15H2,1H3,(H,30,34). The number of methoxy groups -OCH3 is 1. The summed E-state index contributed by atoms with van der Waals surface area (Å²) in [6.07, 6.45) is 0.649. The Bertz CT molecular complexity index is 1260. The van der Waals surface area contributed by atoms with Crippen molar-refractivity contribution in [2.24, 2.45) is 4.99 Å². The number of amidine groups is 1. The molecule has 0 bridgehead atoms. The fourth-order valence-electron chi connectivity index (χ4n) is 3.57. The molecule has 0 radical (unpaired) electrons. The first-order valence-corrected chi connectivity index (χ1v) is 13.0. The van der Waals surface area contributed by atoms with E-state index in [1.807, 2.05) is 24.3 Å². The lowest BCUT2D eigenvalue weighted by atomic mass is 10.1. The van der Waals surface area contributed by atoms with E-state index in [0.29, 0.717) is 50.3 Å². The quantitative estimate of drug-likeness (QED) is 0.342. The Kier molecular flexibility index (Phi) is 8.80. The highest BCUT2D eigenvalue weighted by Gasteiger charge is 2.35. The van der Waals surface area contributed by atoms with Crippen molar-refractivity contribution in [3.8, 4) is 5.75 Å². The van der Waals surface area contributed by atoms with Crippen molar-refractivity contribution in [2.45, 2.75) is 18.1 Å². The van der Waals surface area contributed by atoms with Crippen LogP contribution in [0.4, 0.5) is 11.4 Å². The van der Waals surface area contributed by atoms with Crippen LogP contribution < -0.4 is 10.1 Å². The van der Waals surface area contributed by atoms with Crippen LogP contribution in [-0.2, 0) is 16.0 Å². The number of thioether (sulfide) groups is 1. The van der Waals surface area contributed by atoms with E-state index in [0.717, 1.165) is 5.56 Å². The Labute approximate surface area is 228 Å². The molecule has 36 heavy (non-hydrogen) atoms. The molecule has 0 aromatic heterocycles. The van der Waals surface area contributed by atoms with Gasteiger partial charge >= 0.3 is 0 Å². The molecule has 2 amide bonds. The van der Waals surface area contributed by atoms with Crippen molar-refractivity contribution in [2.75, 3.05) is 19.0 Å². The van der Waals surface area contributed by atoms with Gasteiger partial charge in [-0.3, -0.25) is 14.5 Å². The molecule has 1 fully saturated rings. The number of nitrogens with zero attached hydrogens (tertiary/aromatic N) is 2. The number of halogens is 3. The first-order valence-electron chi connectivity index (χ1n) is 11.0. The van der Waals surface area contributed by atoms with Crippen LogP contribution in [0.1, 0.15) is 12.0 Å². The van der Waals surface area contributed by atoms with E-state index in [4.69, 9.17) is 44.5 Å². The maximum atomic E-state index is 13.2. The van der Waals surface area contributed by atoms with Crippen LogP contribution in [0.2, 0.25) is 15.1 Å². The third-order valence-electron chi connectivity index (χ3n) is 5.40. The minimum absolute atomic E-state index is 0.0348. The van der Waals surface area contributed by atoms with Crippen LogP contribution in [0.25, 0.3) is 0 Å². The van der Waals surface area contributed by atoms with E-state index in [2.05, 4.69) is 5.32 Å². The monoisotopic (exact) mass is 561 g/mol. The van der Waals surface area contributed by atoms with Gasteiger partial charge in [-0.25, -0.2) is 4.99 Å². The lowest BCUT2D eigenvalue weighted by molar-refractivity contribution is -0.129. The number of aliphatic imine (C=N–C) groups is 1. The Morgan fingerprint density at radius 1 is 1.03 bits per heavy atom. The zero-order valence-electron chi connectivity index (χ0n) is 19.2.